The van der Waals surface area contributed by atoms with Gasteiger partial charge in [-0.3, -0.25) is 9.69 Å². The Bertz CT molecular complexity index is 1250. The Hall–Kier alpha value is -4.25. The summed E-state index contributed by atoms with van der Waals surface area (Å²) < 4.78 is 16.1. The number of nitrogens with one attached hydrogen (secondary N) is 2. The summed E-state index contributed by atoms with van der Waals surface area (Å²) in [6, 6.07) is 13.0. The molecule has 1 unspecified atom stereocenters. The lowest BCUT2D eigenvalue weighted by atomic mass is 10.1. The predicted octanol–water partition coefficient (Wildman–Crippen LogP) is 2.38. The zero-order valence-electron chi connectivity index (χ0n) is 19.1. The minimum Gasteiger partial charge on any atom is -0.497 e. The molecule has 2 aromatic heterocycles. The van der Waals surface area contributed by atoms with Crippen LogP contribution in [0.5, 0.6) is 11.5 Å². The topological polar surface area (TPSA) is 128 Å². The van der Waals surface area contributed by atoms with Gasteiger partial charge in [0.1, 0.15) is 17.7 Å². The Balaban J connectivity index is 1.13. The number of rotatable bonds is 8. The van der Waals surface area contributed by atoms with E-state index in [2.05, 4.69) is 25.8 Å². The quantitative estimate of drug-likeness (QED) is 0.471. The first-order valence-corrected chi connectivity index (χ1v) is 11.2. The summed E-state index contributed by atoms with van der Waals surface area (Å²) in [6.07, 6.45) is 1.61. The second-order valence-electron chi connectivity index (χ2n) is 8.12. The van der Waals surface area contributed by atoms with Gasteiger partial charge in [-0.05, 0) is 48.9 Å². The van der Waals surface area contributed by atoms with Gasteiger partial charge in [0, 0.05) is 12.1 Å². The van der Waals surface area contributed by atoms with Crippen LogP contribution >= 0.6 is 0 Å². The average molecular weight is 476 g/mol. The van der Waals surface area contributed by atoms with Crippen molar-refractivity contribution in [2.75, 3.05) is 37.0 Å². The number of benzene rings is 1. The van der Waals surface area contributed by atoms with Gasteiger partial charge in [-0.25, -0.2) is 9.78 Å². The van der Waals surface area contributed by atoms with E-state index in [9.17, 15) is 9.59 Å². The molecule has 3 aromatic rings. The molecule has 0 bridgehead atoms. The van der Waals surface area contributed by atoms with E-state index >= 15 is 0 Å². The third kappa shape index (κ3) is 5.14. The Morgan fingerprint density at radius 1 is 1.23 bits per heavy atom. The summed E-state index contributed by atoms with van der Waals surface area (Å²) in [4.78, 5) is 29.7. The van der Waals surface area contributed by atoms with Crippen LogP contribution in [0.1, 0.15) is 12.0 Å². The van der Waals surface area contributed by atoms with Gasteiger partial charge < -0.3 is 24.8 Å². The zero-order valence-corrected chi connectivity index (χ0v) is 19.1. The molecule has 1 saturated heterocycles. The number of pyridine rings is 1. The van der Waals surface area contributed by atoms with Crippen molar-refractivity contribution in [3.05, 3.63) is 54.2 Å². The fourth-order valence-corrected chi connectivity index (χ4v) is 3.89. The number of carbonyl (C=O) groups is 2. The van der Waals surface area contributed by atoms with Crippen LogP contribution in [0.4, 0.5) is 16.4 Å². The number of aromatic nitrogens is 3. The highest BCUT2D eigenvalue weighted by Crippen LogP contribution is 2.30. The van der Waals surface area contributed by atoms with Crippen LogP contribution in [0.25, 0.3) is 11.3 Å². The van der Waals surface area contributed by atoms with Gasteiger partial charge in [0.05, 0.1) is 25.5 Å². The summed E-state index contributed by atoms with van der Waals surface area (Å²) in [5, 5.41) is 14.3. The van der Waals surface area contributed by atoms with Crippen LogP contribution < -0.4 is 25.0 Å². The average Bonchev–Trinajstić information content (AvgIpc) is 3.26. The number of carbonyl (C=O) groups excluding carboxylic acids is 2. The predicted molar refractivity (Wildman–Crippen MR) is 126 cm³/mol. The number of hydrogen-bond donors (Lipinski definition) is 2. The molecule has 2 amide bonds. The van der Waals surface area contributed by atoms with Gasteiger partial charge in [0.15, 0.2) is 18.2 Å². The molecule has 4 heterocycles. The van der Waals surface area contributed by atoms with Gasteiger partial charge in [0.25, 0.3) is 5.91 Å². The summed E-state index contributed by atoms with van der Waals surface area (Å²) in [6.45, 7) is 1.57. The third-order valence-electron chi connectivity index (χ3n) is 5.66. The molecule has 2 N–H and O–H groups in total. The lowest BCUT2D eigenvalue weighted by molar-refractivity contribution is -0.118. The van der Waals surface area contributed by atoms with E-state index in [1.807, 2.05) is 30.3 Å². The summed E-state index contributed by atoms with van der Waals surface area (Å²) in [5.74, 6) is 1.66. The number of ether oxygens (including phenoxy) is 3. The number of fused-ring (bicyclic) bond motifs is 1. The van der Waals surface area contributed by atoms with Crippen molar-refractivity contribution in [3.63, 3.8) is 0 Å². The van der Waals surface area contributed by atoms with Gasteiger partial charge in [0.2, 0.25) is 0 Å². The van der Waals surface area contributed by atoms with Crippen LogP contribution in [-0.4, -0.2) is 60.1 Å². The fourth-order valence-electron chi connectivity index (χ4n) is 3.89. The van der Waals surface area contributed by atoms with Crippen molar-refractivity contribution in [1.29, 1.82) is 0 Å². The normalized spacial score (nSPS) is 16.8. The molecule has 180 valence electrons. The number of hydrogen-bond acceptors (Lipinski definition) is 9. The molecular formula is C24H24N6O5. The van der Waals surface area contributed by atoms with E-state index in [0.29, 0.717) is 43.4 Å². The second kappa shape index (κ2) is 9.94. The molecule has 11 nitrogen and oxygen atoms in total. The van der Waals surface area contributed by atoms with E-state index in [-0.39, 0.29) is 18.6 Å². The van der Waals surface area contributed by atoms with Crippen LogP contribution in [0, 0.1) is 0 Å². The summed E-state index contributed by atoms with van der Waals surface area (Å²) >= 11 is 0. The molecule has 0 saturated carbocycles. The first kappa shape index (κ1) is 22.5. The molecule has 2 aliphatic heterocycles. The molecule has 2 aliphatic rings. The summed E-state index contributed by atoms with van der Waals surface area (Å²) in [7, 11) is 1.63. The minimum atomic E-state index is -0.466. The number of methoxy groups -OCH3 is 1. The van der Waals surface area contributed by atoms with Crippen molar-refractivity contribution in [2.45, 2.75) is 19.1 Å². The van der Waals surface area contributed by atoms with Crippen molar-refractivity contribution < 1.29 is 23.8 Å². The highest BCUT2D eigenvalue weighted by molar-refractivity contribution is 5.95. The monoisotopic (exact) mass is 476 g/mol. The molecule has 0 radical (unpaired) electrons. The number of amides is 2. The lowest BCUT2D eigenvalue weighted by Crippen LogP contribution is -2.29. The van der Waals surface area contributed by atoms with Crippen LogP contribution in [-0.2, 0) is 16.1 Å². The molecule has 1 fully saturated rings. The van der Waals surface area contributed by atoms with Crippen molar-refractivity contribution in [1.82, 2.24) is 20.5 Å². The van der Waals surface area contributed by atoms with Gasteiger partial charge in [-0.2, -0.15) is 10.2 Å². The minimum absolute atomic E-state index is 0.0489. The maximum atomic E-state index is 12.4. The fraction of sp³-hybridized carbons (Fsp3) is 0.292. The smallest absolute Gasteiger partial charge is 0.415 e. The second-order valence-corrected chi connectivity index (χ2v) is 8.12. The molecule has 5 rings (SSSR count). The molecular weight excluding hydrogens is 452 g/mol. The van der Waals surface area contributed by atoms with E-state index in [1.165, 1.54) is 4.90 Å². The number of cyclic esters (lactones) is 1. The van der Waals surface area contributed by atoms with E-state index in [4.69, 9.17) is 14.2 Å². The highest BCUT2D eigenvalue weighted by Gasteiger charge is 2.33. The van der Waals surface area contributed by atoms with Crippen molar-refractivity contribution in [3.8, 4) is 22.8 Å². The van der Waals surface area contributed by atoms with Crippen LogP contribution in [0.3, 0.4) is 0 Å². The standard InChI is InChI=1S/C24H24N6O5/c1-33-17-4-2-3-16(10-17)19-9-15(12-26-29-19)11-25-8-7-18-13-30(24(32)35-18)21-6-5-20-23(27-21)28-22(31)14-34-20/h2-6,9-10,12,18,25H,7-8,11,13-14H2,1H3,(H,27,28,31). The zero-order chi connectivity index (χ0) is 24.2. The lowest BCUT2D eigenvalue weighted by Gasteiger charge is -2.19. The Kier molecular flexibility index (Phi) is 6.40. The SMILES string of the molecule is COc1cccc(-c2cc(CNCCC3CN(c4ccc5c(n4)NC(=O)CO5)C(=O)O3)cnn2)c1. The number of anilines is 2. The van der Waals surface area contributed by atoms with Crippen LogP contribution in [0.2, 0.25) is 0 Å². The van der Waals surface area contributed by atoms with Crippen molar-refractivity contribution in [2.24, 2.45) is 0 Å². The third-order valence-corrected chi connectivity index (χ3v) is 5.66. The Morgan fingerprint density at radius 3 is 3.03 bits per heavy atom. The van der Waals surface area contributed by atoms with E-state index in [1.54, 1.807) is 25.4 Å². The highest BCUT2D eigenvalue weighted by atomic mass is 16.6. The molecule has 1 aromatic carbocycles. The molecule has 0 spiro atoms. The molecule has 0 aliphatic carbocycles. The Labute approximate surface area is 201 Å². The maximum Gasteiger partial charge on any atom is 0.415 e. The Morgan fingerprint density at radius 2 is 2.14 bits per heavy atom. The van der Waals surface area contributed by atoms with E-state index < -0.39 is 6.09 Å². The maximum absolute atomic E-state index is 12.4. The van der Waals surface area contributed by atoms with E-state index in [0.717, 1.165) is 22.6 Å². The molecule has 35 heavy (non-hydrogen) atoms. The number of nitrogens with zero attached hydrogens (tertiary/aromatic N) is 4. The van der Waals surface area contributed by atoms with Gasteiger partial charge in [-0.15, -0.1) is 0 Å². The van der Waals surface area contributed by atoms with Crippen LogP contribution in [0.15, 0.2) is 48.7 Å². The van der Waals surface area contributed by atoms with Crippen molar-refractivity contribution >= 4 is 23.6 Å². The molecule has 11 heteroatoms. The first-order chi connectivity index (χ1) is 17.1. The summed E-state index contributed by atoms with van der Waals surface area (Å²) in [5.41, 5.74) is 2.69. The van der Waals surface area contributed by atoms with Gasteiger partial charge >= 0.3 is 6.09 Å². The first-order valence-electron chi connectivity index (χ1n) is 11.2. The largest absolute Gasteiger partial charge is 0.497 e. The molecule has 1 atom stereocenters. The van der Waals surface area contributed by atoms with Gasteiger partial charge in [-0.1, -0.05) is 12.1 Å².